The van der Waals surface area contributed by atoms with Crippen molar-refractivity contribution in [3.05, 3.63) is 85.5 Å². The summed E-state index contributed by atoms with van der Waals surface area (Å²) >= 11 is 3.88. The maximum Gasteiger partial charge on any atom is 0.0243 e. The van der Waals surface area contributed by atoms with Gasteiger partial charge in [0, 0.05) is 10.4 Å². The molecule has 1 heteroatoms. The van der Waals surface area contributed by atoms with Crippen LogP contribution < -0.4 is 0 Å². The van der Waals surface area contributed by atoms with Crippen LogP contribution in [0.4, 0.5) is 0 Å². The van der Waals surface area contributed by atoms with Crippen molar-refractivity contribution in [1.82, 2.24) is 0 Å². The smallest absolute Gasteiger partial charge is 0.0243 e. The van der Waals surface area contributed by atoms with Gasteiger partial charge in [-0.05, 0) is 79.4 Å². The van der Waals surface area contributed by atoms with Gasteiger partial charge in [0.05, 0.1) is 0 Å². The number of fused-ring (bicyclic) bond motifs is 3. The van der Waals surface area contributed by atoms with E-state index in [0.29, 0.717) is 5.92 Å². The Morgan fingerprint density at radius 3 is 2.80 bits per heavy atom. The molecule has 25 heavy (non-hydrogen) atoms. The first-order valence-corrected chi connectivity index (χ1v) is 10.3. The highest BCUT2D eigenvalue weighted by molar-refractivity contribution is 9.12. The van der Waals surface area contributed by atoms with Crippen molar-refractivity contribution < 1.29 is 0 Å². The number of benzene rings is 1. The Balaban J connectivity index is 1.50. The maximum atomic E-state index is 3.88. The first kappa shape index (κ1) is 15.6. The van der Waals surface area contributed by atoms with Crippen LogP contribution >= 0.6 is 15.9 Å². The summed E-state index contributed by atoms with van der Waals surface area (Å²) in [7, 11) is 0. The summed E-state index contributed by atoms with van der Waals surface area (Å²) in [5.74, 6) is 0.552. The predicted molar refractivity (Wildman–Crippen MR) is 110 cm³/mol. The molecule has 0 fully saturated rings. The molecule has 126 valence electrons. The fourth-order valence-electron chi connectivity index (χ4n) is 5.02. The summed E-state index contributed by atoms with van der Waals surface area (Å²) < 4.78 is 1.35. The van der Waals surface area contributed by atoms with Gasteiger partial charge in [-0.3, -0.25) is 0 Å². The molecule has 0 spiro atoms. The molecule has 0 aliphatic heterocycles. The van der Waals surface area contributed by atoms with Crippen molar-refractivity contribution in [1.29, 1.82) is 0 Å². The van der Waals surface area contributed by atoms with Gasteiger partial charge >= 0.3 is 0 Å². The van der Waals surface area contributed by atoms with E-state index in [1.165, 1.54) is 46.9 Å². The van der Waals surface area contributed by atoms with Gasteiger partial charge in [0.15, 0.2) is 0 Å². The first-order chi connectivity index (χ1) is 12.2. The third kappa shape index (κ3) is 2.56. The Morgan fingerprint density at radius 2 is 1.92 bits per heavy atom. The van der Waals surface area contributed by atoms with E-state index in [2.05, 4.69) is 65.3 Å². The fourth-order valence-corrected chi connectivity index (χ4v) is 5.72. The summed E-state index contributed by atoms with van der Waals surface area (Å²) in [5.41, 5.74) is 12.4. The second-order valence-corrected chi connectivity index (χ2v) is 8.67. The molecule has 0 heterocycles. The molecule has 1 unspecified atom stereocenters. The van der Waals surface area contributed by atoms with Crippen LogP contribution in [0.3, 0.4) is 0 Å². The van der Waals surface area contributed by atoms with Crippen molar-refractivity contribution in [3.63, 3.8) is 0 Å². The van der Waals surface area contributed by atoms with E-state index in [4.69, 9.17) is 0 Å². The predicted octanol–water partition coefficient (Wildman–Crippen LogP) is 7.05. The van der Waals surface area contributed by atoms with Gasteiger partial charge in [0.2, 0.25) is 0 Å². The van der Waals surface area contributed by atoms with E-state index in [1.807, 2.05) is 0 Å². The highest BCUT2D eigenvalue weighted by atomic mass is 79.9. The van der Waals surface area contributed by atoms with Crippen LogP contribution in [-0.4, -0.2) is 0 Å². The molecule has 5 rings (SSSR count). The Bertz CT molecular complexity index is 917. The zero-order valence-corrected chi connectivity index (χ0v) is 16.3. The third-order valence-electron chi connectivity index (χ3n) is 6.27. The van der Waals surface area contributed by atoms with Gasteiger partial charge in [-0.25, -0.2) is 0 Å². The molecule has 0 nitrogen and oxygen atoms in total. The molecule has 0 saturated carbocycles. The van der Waals surface area contributed by atoms with Crippen molar-refractivity contribution in [3.8, 4) is 0 Å². The lowest BCUT2D eigenvalue weighted by atomic mass is 9.77. The lowest BCUT2D eigenvalue weighted by molar-refractivity contribution is 0.636. The van der Waals surface area contributed by atoms with Gasteiger partial charge < -0.3 is 0 Å². The molecule has 0 aromatic heterocycles. The van der Waals surface area contributed by atoms with Crippen molar-refractivity contribution >= 4 is 22.0 Å². The Morgan fingerprint density at radius 1 is 1.08 bits per heavy atom. The van der Waals surface area contributed by atoms with E-state index in [0.717, 1.165) is 12.8 Å². The van der Waals surface area contributed by atoms with Crippen LogP contribution in [0.2, 0.25) is 0 Å². The summed E-state index contributed by atoms with van der Waals surface area (Å²) in [6, 6.07) is 8.82. The summed E-state index contributed by atoms with van der Waals surface area (Å²) in [6.07, 6.45) is 14.8. The zero-order chi connectivity index (χ0) is 17.0. The van der Waals surface area contributed by atoms with Gasteiger partial charge in [-0.15, -0.1) is 0 Å². The van der Waals surface area contributed by atoms with Crippen molar-refractivity contribution in [2.24, 2.45) is 5.92 Å². The van der Waals surface area contributed by atoms with Crippen molar-refractivity contribution in [2.75, 3.05) is 0 Å². The monoisotopic (exact) mass is 390 g/mol. The van der Waals surface area contributed by atoms with Gasteiger partial charge in [-0.2, -0.15) is 0 Å². The van der Waals surface area contributed by atoms with Crippen LogP contribution in [0.1, 0.15) is 50.2 Å². The summed E-state index contributed by atoms with van der Waals surface area (Å²) in [4.78, 5) is 0. The van der Waals surface area contributed by atoms with E-state index in [-0.39, 0.29) is 0 Å². The zero-order valence-electron chi connectivity index (χ0n) is 14.7. The first-order valence-electron chi connectivity index (χ1n) is 9.49. The molecule has 1 aromatic rings. The molecule has 1 aromatic carbocycles. The van der Waals surface area contributed by atoms with E-state index in [9.17, 15) is 0 Å². The van der Waals surface area contributed by atoms with Gasteiger partial charge in [0.1, 0.15) is 0 Å². The quantitative estimate of drug-likeness (QED) is 0.507. The number of rotatable bonds is 2. The lowest BCUT2D eigenvalue weighted by Gasteiger charge is -2.29. The molecule has 4 aliphatic carbocycles. The molecule has 4 aliphatic rings. The van der Waals surface area contributed by atoms with Crippen LogP contribution in [0.25, 0.3) is 6.08 Å². The second kappa shape index (κ2) is 5.99. The van der Waals surface area contributed by atoms with E-state index >= 15 is 0 Å². The lowest BCUT2D eigenvalue weighted by Crippen LogP contribution is -2.14. The molecule has 0 amide bonds. The second-order valence-electron chi connectivity index (χ2n) is 7.82. The summed E-state index contributed by atoms with van der Waals surface area (Å²) in [5, 5.41) is 0. The fraction of sp³-hybridized carbons (Fsp3) is 0.333. The minimum Gasteiger partial charge on any atom is -0.0697 e. The Kier molecular flexibility index (Phi) is 3.74. The minimum absolute atomic E-state index is 0.552. The molecule has 1 atom stereocenters. The third-order valence-corrected chi connectivity index (χ3v) is 6.98. The van der Waals surface area contributed by atoms with E-state index in [1.54, 1.807) is 27.9 Å². The molecule has 0 bridgehead atoms. The average molecular weight is 391 g/mol. The number of hydrogen-bond acceptors (Lipinski definition) is 0. The molecule has 0 saturated heterocycles. The molecular weight excluding hydrogens is 368 g/mol. The average Bonchev–Trinajstić information content (AvgIpc) is 3.17. The Hall–Kier alpha value is -1.60. The van der Waals surface area contributed by atoms with Gasteiger partial charge in [-0.1, -0.05) is 69.1 Å². The SMILES string of the molecule is CC1=CC2C(=C1CC1=Cc3ccccc3C1)C=C(Br)C1=C2CCCC1. The Labute approximate surface area is 158 Å². The van der Waals surface area contributed by atoms with E-state index < -0.39 is 0 Å². The minimum atomic E-state index is 0.552. The van der Waals surface area contributed by atoms with Crippen LogP contribution in [-0.2, 0) is 6.42 Å². The highest BCUT2D eigenvalue weighted by Crippen LogP contribution is 2.50. The maximum absolute atomic E-state index is 3.88. The molecule has 0 N–H and O–H groups in total. The summed E-state index contributed by atoms with van der Waals surface area (Å²) in [6.45, 7) is 2.31. The normalized spacial score (nSPS) is 24.6. The number of hydrogen-bond donors (Lipinski definition) is 0. The number of halogens is 1. The standard InChI is InChI=1S/C24H23Br/c1-15-10-22-19-8-4-5-9-20(19)24(25)14-23(22)21(15)13-16-11-17-6-2-3-7-18(17)12-16/h2-3,6-7,10-11,14,22H,4-5,8-9,12-13H2,1H3. The highest BCUT2D eigenvalue weighted by Gasteiger charge is 2.33. The number of allylic oxidation sites excluding steroid dienone is 9. The molecular formula is C24H23Br. The van der Waals surface area contributed by atoms with Crippen molar-refractivity contribution in [2.45, 2.75) is 45.4 Å². The van der Waals surface area contributed by atoms with Crippen LogP contribution in [0, 0.1) is 5.92 Å². The van der Waals surface area contributed by atoms with Crippen LogP contribution in [0.5, 0.6) is 0 Å². The molecule has 0 radical (unpaired) electrons. The van der Waals surface area contributed by atoms with Gasteiger partial charge in [0.25, 0.3) is 0 Å². The largest absolute Gasteiger partial charge is 0.0697 e. The van der Waals surface area contributed by atoms with Crippen LogP contribution in [0.15, 0.2) is 74.3 Å². The topological polar surface area (TPSA) is 0 Å².